The summed E-state index contributed by atoms with van der Waals surface area (Å²) in [6, 6.07) is 15.0. The zero-order valence-electron chi connectivity index (χ0n) is 14.9. The molecule has 0 saturated heterocycles. The molecule has 2 aromatic rings. The Morgan fingerprint density at radius 2 is 1.70 bits per heavy atom. The fraction of sp³-hybridized carbons (Fsp3) is 0.263. The van der Waals surface area contributed by atoms with Crippen LogP contribution < -0.4 is 11.1 Å². The maximum Gasteiger partial charge on any atom is 0.471 e. The SMILES string of the molecule is CN(Cc1cccc(NC(=O)C(C)(N)c2ccccc2)c1)C(=O)C(F)(F)F. The third-order valence-corrected chi connectivity index (χ3v) is 4.04. The van der Waals surface area contributed by atoms with Gasteiger partial charge >= 0.3 is 12.1 Å². The zero-order valence-corrected chi connectivity index (χ0v) is 14.9. The standard InChI is InChI=1S/C19H20F3N3O2/c1-18(23,14-8-4-3-5-9-14)16(26)24-15-10-6-7-13(11-15)12-25(2)17(27)19(20,21)22/h3-11H,12,23H2,1-2H3,(H,24,26). The van der Waals surface area contributed by atoms with Crippen molar-refractivity contribution in [2.45, 2.75) is 25.2 Å². The molecule has 0 aliphatic carbocycles. The number of hydrogen-bond acceptors (Lipinski definition) is 3. The predicted molar refractivity (Wildman–Crippen MR) is 95.6 cm³/mol. The molecule has 2 rings (SSSR count). The Morgan fingerprint density at radius 3 is 2.30 bits per heavy atom. The first-order chi connectivity index (χ1) is 12.5. The van der Waals surface area contributed by atoms with Gasteiger partial charge in [0.05, 0.1) is 0 Å². The zero-order chi connectivity index (χ0) is 20.2. The van der Waals surface area contributed by atoms with Crippen LogP contribution in [0.2, 0.25) is 0 Å². The molecule has 0 fully saturated rings. The van der Waals surface area contributed by atoms with Crippen LogP contribution in [0.5, 0.6) is 0 Å². The Morgan fingerprint density at radius 1 is 1.07 bits per heavy atom. The van der Waals surface area contributed by atoms with Crippen LogP contribution in [0, 0.1) is 0 Å². The smallest absolute Gasteiger partial charge is 0.334 e. The van der Waals surface area contributed by atoms with E-state index in [1.54, 1.807) is 55.5 Å². The van der Waals surface area contributed by atoms with Gasteiger partial charge in [0.2, 0.25) is 5.91 Å². The molecule has 27 heavy (non-hydrogen) atoms. The van der Waals surface area contributed by atoms with Crippen molar-refractivity contribution < 1.29 is 22.8 Å². The van der Waals surface area contributed by atoms with Gasteiger partial charge in [0, 0.05) is 19.3 Å². The molecule has 2 aromatic carbocycles. The van der Waals surface area contributed by atoms with Crippen molar-refractivity contribution in [1.82, 2.24) is 4.90 Å². The lowest BCUT2D eigenvalue weighted by Crippen LogP contribution is -2.45. The number of nitrogens with one attached hydrogen (secondary N) is 1. The molecule has 0 aromatic heterocycles. The number of hydrogen-bond donors (Lipinski definition) is 2. The normalized spacial score (nSPS) is 13.6. The number of benzene rings is 2. The van der Waals surface area contributed by atoms with E-state index in [1.807, 2.05) is 0 Å². The van der Waals surface area contributed by atoms with E-state index in [-0.39, 0.29) is 6.54 Å². The van der Waals surface area contributed by atoms with Crippen LogP contribution in [0.15, 0.2) is 54.6 Å². The molecule has 0 radical (unpaired) electrons. The molecule has 1 atom stereocenters. The average molecular weight is 379 g/mol. The third-order valence-electron chi connectivity index (χ3n) is 4.04. The van der Waals surface area contributed by atoms with Crippen molar-refractivity contribution in [3.8, 4) is 0 Å². The number of nitrogens with two attached hydrogens (primary N) is 1. The fourth-order valence-corrected chi connectivity index (χ4v) is 2.49. The van der Waals surface area contributed by atoms with Crippen molar-refractivity contribution in [2.24, 2.45) is 5.73 Å². The maximum atomic E-state index is 12.6. The molecule has 8 heteroatoms. The van der Waals surface area contributed by atoms with Crippen LogP contribution >= 0.6 is 0 Å². The van der Waals surface area contributed by atoms with Crippen molar-refractivity contribution in [3.63, 3.8) is 0 Å². The number of halogens is 3. The molecule has 0 bridgehead atoms. The summed E-state index contributed by atoms with van der Waals surface area (Å²) in [6.07, 6.45) is -4.93. The van der Waals surface area contributed by atoms with E-state index in [4.69, 9.17) is 5.73 Å². The Balaban J connectivity index is 2.11. The largest absolute Gasteiger partial charge is 0.471 e. The number of carbonyl (C=O) groups excluding carboxylic acids is 2. The van der Waals surface area contributed by atoms with Crippen molar-refractivity contribution in [3.05, 3.63) is 65.7 Å². The highest BCUT2D eigenvalue weighted by molar-refractivity contribution is 5.98. The Hall–Kier alpha value is -2.87. The molecular formula is C19H20F3N3O2. The van der Waals surface area contributed by atoms with E-state index in [1.165, 1.54) is 6.07 Å². The Bertz CT molecular complexity index is 820. The average Bonchev–Trinajstić information content (AvgIpc) is 2.61. The molecule has 3 N–H and O–H groups in total. The van der Waals surface area contributed by atoms with Crippen LogP contribution in [0.25, 0.3) is 0 Å². The van der Waals surface area contributed by atoms with E-state index in [9.17, 15) is 22.8 Å². The highest BCUT2D eigenvalue weighted by Gasteiger charge is 2.41. The number of anilines is 1. The van der Waals surface area contributed by atoms with Gasteiger partial charge in [0.15, 0.2) is 0 Å². The van der Waals surface area contributed by atoms with Gasteiger partial charge in [-0.1, -0.05) is 42.5 Å². The first kappa shape index (κ1) is 20.4. The van der Waals surface area contributed by atoms with Crippen molar-refractivity contribution in [2.75, 3.05) is 12.4 Å². The summed E-state index contributed by atoms with van der Waals surface area (Å²) in [5.74, 6) is -2.40. The van der Waals surface area contributed by atoms with E-state index in [2.05, 4.69) is 5.32 Å². The van der Waals surface area contributed by atoms with Crippen LogP contribution in [0.3, 0.4) is 0 Å². The molecular weight excluding hydrogens is 359 g/mol. The Kier molecular flexibility index (Phi) is 5.90. The third kappa shape index (κ3) is 5.07. The minimum atomic E-state index is -4.93. The molecule has 144 valence electrons. The number of carbonyl (C=O) groups is 2. The lowest BCUT2D eigenvalue weighted by molar-refractivity contribution is -0.184. The topological polar surface area (TPSA) is 75.4 Å². The lowest BCUT2D eigenvalue weighted by atomic mass is 9.92. The van der Waals surface area contributed by atoms with E-state index in [0.29, 0.717) is 21.7 Å². The Labute approximate surface area is 155 Å². The van der Waals surface area contributed by atoms with Crippen LogP contribution in [0.4, 0.5) is 18.9 Å². The van der Waals surface area contributed by atoms with Gasteiger partial charge in [0.1, 0.15) is 5.54 Å². The van der Waals surface area contributed by atoms with Gasteiger partial charge in [-0.25, -0.2) is 0 Å². The predicted octanol–water partition coefficient (Wildman–Crippen LogP) is 3.02. The van der Waals surface area contributed by atoms with Crippen molar-refractivity contribution >= 4 is 17.5 Å². The van der Waals surface area contributed by atoms with Gasteiger partial charge in [-0.2, -0.15) is 13.2 Å². The van der Waals surface area contributed by atoms with Gasteiger partial charge in [-0.3, -0.25) is 9.59 Å². The monoisotopic (exact) mass is 379 g/mol. The highest BCUT2D eigenvalue weighted by atomic mass is 19.4. The summed E-state index contributed by atoms with van der Waals surface area (Å²) in [5, 5.41) is 2.66. The second-order valence-corrected chi connectivity index (χ2v) is 6.38. The number of nitrogens with zero attached hydrogens (tertiary/aromatic N) is 1. The first-order valence-electron chi connectivity index (χ1n) is 8.09. The summed E-state index contributed by atoms with van der Waals surface area (Å²) < 4.78 is 37.5. The van der Waals surface area contributed by atoms with Gasteiger partial charge in [0.25, 0.3) is 0 Å². The van der Waals surface area contributed by atoms with Crippen LogP contribution in [-0.4, -0.2) is 29.9 Å². The molecule has 0 aliphatic rings. The van der Waals surface area contributed by atoms with Crippen LogP contribution in [0.1, 0.15) is 18.1 Å². The minimum Gasteiger partial charge on any atom is -0.334 e. The summed E-state index contributed by atoms with van der Waals surface area (Å²) in [6.45, 7) is 1.32. The van der Waals surface area contributed by atoms with Gasteiger partial charge < -0.3 is 16.0 Å². The summed E-state index contributed by atoms with van der Waals surface area (Å²) in [4.78, 5) is 24.4. The molecule has 0 saturated carbocycles. The number of rotatable bonds is 5. The molecule has 5 nitrogen and oxygen atoms in total. The molecule has 0 aliphatic heterocycles. The molecule has 0 heterocycles. The van der Waals surface area contributed by atoms with Gasteiger partial charge in [-0.15, -0.1) is 0 Å². The van der Waals surface area contributed by atoms with E-state index < -0.39 is 23.5 Å². The number of alkyl halides is 3. The van der Waals surface area contributed by atoms with E-state index >= 15 is 0 Å². The quantitative estimate of drug-likeness (QED) is 0.839. The molecule has 0 spiro atoms. The van der Waals surface area contributed by atoms with Crippen molar-refractivity contribution in [1.29, 1.82) is 0 Å². The first-order valence-corrected chi connectivity index (χ1v) is 8.09. The fourth-order valence-electron chi connectivity index (χ4n) is 2.49. The second-order valence-electron chi connectivity index (χ2n) is 6.38. The highest BCUT2D eigenvalue weighted by Crippen LogP contribution is 2.22. The van der Waals surface area contributed by atoms with Gasteiger partial charge in [-0.05, 0) is 30.2 Å². The maximum absolute atomic E-state index is 12.6. The second kappa shape index (κ2) is 7.79. The summed E-state index contributed by atoms with van der Waals surface area (Å²) in [5.41, 5.74) is 6.28. The minimum absolute atomic E-state index is 0.249. The molecule has 1 unspecified atom stereocenters. The van der Waals surface area contributed by atoms with Crippen LogP contribution in [-0.2, 0) is 21.7 Å². The number of amides is 2. The summed E-state index contributed by atoms with van der Waals surface area (Å²) >= 11 is 0. The summed E-state index contributed by atoms with van der Waals surface area (Å²) in [7, 11) is 1.06. The molecule has 2 amide bonds. The van der Waals surface area contributed by atoms with E-state index in [0.717, 1.165) is 7.05 Å². The lowest BCUT2D eigenvalue weighted by Gasteiger charge is -2.24.